The molecule has 7 heteroatoms. The Bertz CT molecular complexity index is 685. The van der Waals surface area contributed by atoms with Gasteiger partial charge >= 0.3 is 0 Å². The molecule has 4 rings (SSSR count). The van der Waals surface area contributed by atoms with E-state index in [1.54, 1.807) is 18.0 Å². The Labute approximate surface area is 153 Å². The molecule has 1 aromatic rings. The van der Waals surface area contributed by atoms with Crippen molar-refractivity contribution in [1.82, 2.24) is 20.2 Å². The zero-order chi connectivity index (χ0) is 18.1. The van der Waals surface area contributed by atoms with E-state index in [0.717, 1.165) is 11.8 Å². The quantitative estimate of drug-likeness (QED) is 0.854. The van der Waals surface area contributed by atoms with Gasteiger partial charge in [-0.1, -0.05) is 0 Å². The van der Waals surface area contributed by atoms with Crippen LogP contribution in [-0.2, 0) is 9.53 Å². The van der Waals surface area contributed by atoms with Gasteiger partial charge in [-0.3, -0.25) is 9.59 Å². The molecule has 2 aliphatic carbocycles. The Kier molecular flexibility index (Phi) is 4.89. The van der Waals surface area contributed by atoms with Crippen LogP contribution in [0.1, 0.15) is 41.7 Å². The number of aromatic nitrogens is 2. The molecular weight excluding hydrogens is 332 g/mol. The van der Waals surface area contributed by atoms with Gasteiger partial charge in [0.2, 0.25) is 5.91 Å². The van der Waals surface area contributed by atoms with Crippen molar-refractivity contribution < 1.29 is 14.3 Å². The summed E-state index contributed by atoms with van der Waals surface area (Å²) in [7, 11) is 0. The minimum Gasteiger partial charge on any atom is -0.373 e. The Morgan fingerprint density at radius 1 is 1.31 bits per heavy atom. The minimum absolute atomic E-state index is 0.0760. The van der Waals surface area contributed by atoms with Crippen molar-refractivity contribution >= 4 is 11.8 Å². The van der Waals surface area contributed by atoms with E-state index in [4.69, 9.17) is 4.74 Å². The highest BCUT2D eigenvalue weighted by Crippen LogP contribution is 2.55. The second kappa shape index (κ2) is 7.31. The Balaban J connectivity index is 1.25. The summed E-state index contributed by atoms with van der Waals surface area (Å²) in [6.07, 6.45) is 7.28. The lowest BCUT2D eigenvalue weighted by Crippen LogP contribution is -2.49. The monoisotopic (exact) mass is 358 g/mol. The van der Waals surface area contributed by atoms with E-state index in [2.05, 4.69) is 15.3 Å². The van der Waals surface area contributed by atoms with Crippen LogP contribution in [0.4, 0.5) is 0 Å². The highest BCUT2D eigenvalue weighted by atomic mass is 16.5. The van der Waals surface area contributed by atoms with E-state index in [0.29, 0.717) is 49.8 Å². The molecule has 1 N–H and O–H groups in total. The molecular formula is C19H26N4O3. The van der Waals surface area contributed by atoms with E-state index in [1.807, 2.05) is 0 Å². The molecule has 26 heavy (non-hydrogen) atoms. The van der Waals surface area contributed by atoms with Gasteiger partial charge in [0.1, 0.15) is 6.33 Å². The van der Waals surface area contributed by atoms with Gasteiger partial charge in [0.25, 0.3) is 5.91 Å². The van der Waals surface area contributed by atoms with Gasteiger partial charge < -0.3 is 15.0 Å². The largest absolute Gasteiger partial charge is 0.373 e. The number of nitrogens with one attached hydrogen (secondary N) is 1. The van der Waals surface area contributed by atoms with Crippen molar-refractivity contribution in [2.75, 3.05) is 26.2 Å². The Morgan fingerprint density at radius 2 is 2.12 bits per heavy atom. The molecule has 2 heterocycles. The van der Waals surface area contributed by atoms with Crippen LogP contribution in [0.5, 0.6) is 0 Å². The summed E-state index contributed by atoms with van der Waals surface area (Å²) in [6.45, 7) is 3.75. The van der Waals surface area contributed by atoms with Gasteiger partial charge in [-0.2, -0.15) is 0 Å². The normalized spacial score (nSPS) is 30.0. The van der Waals surface area contributed by atoms with Crippen LogP contribution in [0.15, 0.2) is 12.5 Å². The van der Waals surface area contributed by atoms with Gasteiger partial charge in [-0.15, -0.1) is 0 Å². The maximum Gasteiger partial charge on any atom is 0.257 e. The fourth-order valence-electron chi connectivity index (χ4n) is 4.37. The van der Waals surface area contributed by atoms with E-state index in [9.17, 15) is 9.59 Å². The second-order valence-corrected chi connectivity index (χ2v) is 7.87. The molecule has 2 amide bonds. The molecule has 3 unspecified atom stereocenters. The third-order valence-corrected chi connectivity index (χ3v) is 5.91. The van der Waals surface area contributed by atoms with Gasteiger partial charge in [0.15, 0.2) is 0 Å². The molecule has 2 saturated carbocycles. The van der Waals surface area contributed by atoms with Crippen LogP contribution in [0, 0.1) is 24.7 Å². The number of morpholine rings is 1. The molecule has 7 nitrogen and oxygen atoms in total. The fourth-order valence-corrected chi connectivity index (χ4v) is 4.37. The number of ether oxygens (including phenoxy) is 1. The summed E-state index contributed by atoms with van der Waals surface area (Å²) < 4.78 is 5.73. The minimum atomic E-state index is -0.168. The number of amides is 2. The number of carbonyl (C=O) groups excluding carboxylic acids is 2. The zero-order valence-corrected chi connectivity index (χ0v) is 15.2. The van der Waals surface area contributed by atoms with Crippen molar-refractivity contribution in [1.29, 1.82) is 0 Å². The number of fused-ring (bicyclic) bond motifs is 1. The van der Waals surface area contributed by atoms with Crippen LogP contribution in [0.3, 0.4) is 0 Å². The first kappa shape index (κ1) is 17.4. The number of rotatable bonds is 5. The summed E-state index contributed by atoms with van der Waals surface area (Å²) in [5.41, 5.74) is 1.20. The average Bonchev–Trinajstić information content (AvgIpc) is 3.26. The number of aryl methyl sites for hydroxylation is 1. The molecule has 140 valence electrons. The molecule has 0 spiro atoms. The molecule has 0 bridgehead atoms. The third kappa shape index (κ3) is 3.87. The highest BCUT2D eigenvalue weighted by molar-refractivity contribution is 5.95. The zero-order valence-electron chi connectivity index (χ0n) is 15.2. The lowest BCUT2D eigenvalue weighted by Gasteiger charge is -2.33. The summed E-state index contributed by atoms with van der Waals surface area (Å²) in [5, 5.41) is 2.99. The summed E-state index contributed by atoms with van der Waals surface area (Å²) in [5.74, 6) is 2.40. The molecule has 3 aliphatic rings. The lowest BCUT2D eigenvalue weighted by molar-refractivity contribution is -0.123. The second-order valence-electron chi connectivity index (χ2n) is 7.87. The first-order valence-corrected chi connectivity index (χ1v) is 9.54. The fraction of sp³-hybridized carbons (Fsp3) is 0.684. The average molecular weight is 358 g/mol. The number of carbonyl (C=O) groups is 2. The number of hydrogen-bond donors (Lipinski definition) is 1. The SMILES string of the molecule is Cc1ncncc1C(=O)N1CCOC(CNC(=O)CC2CC3CC3C2)C1. The molecule has 1 saturated heterocycles. The predicted molar refractivity (Wildman–Crippen MR) is 94.4 cm³/mol. The lowest BCUT2D eigenvalue weighted by atomic mass is 9.99. The standard InChI is InChI=1S/C19H26N4O3/c1-12-17(9-20-11-22-12)19(25)23-2-3-26-16(10-23)8-21-18(24)6-13-4-14-7-15(14)5-13/h9,11,13-16H,2-8,10H2,1H3,(H,21,24). The van der Waals surface area contributed by atoms with Crippen LogP contribution in [0.2, 0.25) is 0 Å². The third-order valence-electron chi connectivity index (χ3n) is 5.91. The van der Waals surface area contributed by atoms with E-state index in [1.165, 1.54) is 25.6 Å². The van der Waals surface area contributed by atoms with Crippen molar-refractivity contribution in [3.05, 3.63) is 23.8 Å². The molecule has 3 fully saturated rings. The molecule has 0 aromatic carbocycles. The van der Waals surface area contributed by atoms with Crippen LogP contribution >= 0.6 is 0 Å². The van der Waals surface area contributed by atoms with E-state index in [-0.39, 0.29) is 17.9 Å². The Morgan fingerprint density at radius 3 is 2.88 bits per heavy atom. The van der Waals surface area contributed by atoms with Gasteiger partial charge in [-0.25, -0.2) is 9.97 Å². The van der Waals surface area contributed by atoms with Crippen molar-refractivity contribution in [3.8, 4) is 0 Å². The van der Waals surface area contributed by atoms with E-state index >= 15 is 0 Å². The topological polar surface area (TPSA) is 84.4 Å². The van der Waals surface area contributed by atoms with Crippen LogP contribution in [0.25, 0.3) is 0 Å². The maximum absolute atomic E-state index is 12.7. The first-order chi connectivity index (χ1) is 12.6. The van der Waals surface area contributed by atoms with Crippen LogP contribution < -0.4 is 5.32 Å². The summed E-state index contributed by atoms with van der Waals surface area (Å²) >= 11 is 0. The molecule has 0 radical (unpaired) electrons. The Hall–Kier alpha value is -2.02. The van der Waals surface area contributed by atoms with Crippen LogP contribution in [-0.4, -0.2) is 59.0 Å². The maximum atomic E-state index is 12.7. The van der Waals surface area contributed by atoms with E-state index < -0.39 is 0 Å². The summed E-state index contributed by atoms with van der Waals surface area (Å²) in [4.78, 5) is 34.6. The smallest absolute Gasteiger partial charge is 0.257 e. The van der Waals surface area contributed by atoms with Crippen molar-refractivity contribution in [2.45, 2.75) is 38.7 Å². The highest BCUT2D eigenvalue weighted by Gasteiger charge is 2.46. The molecule has 1 aliphatic heterocycles. The van der Waals surface area contributed by atoms with Gasteiger partial charge in [0, 0.05) is 32.3 Å². The molecule has 3 atom stereocenters. The first-order valence-electron chi connectivity index (χ1n) is 9.54. The van der Waals surface area contributed by atoms with Gasteiger partial charge in [0.05, 0.1) is 24.0 Å². The van der Waals surface area contributed by atoms with Crippen molar-refractivity contribution in [2.24, 2.45) is 17.8 Å². The van der Waals surface area contributed by atoms with Crippen molar-refractivity contribution in [3.63, 3.8) is 0 Å². The number of nitrogens with zero attached hydrogens (tertiary/aromatic N) is 3. The van der Waals surface area contributed by atoms with Gasteiger partial charge in [-0.05, 0) is 43.9 Å². The summed E-state index contributed by atoms with van der Waals surface area (Å²) in [6, 6.07) is 0. The predicted octanol–water partition coefficient (Wildman–Crippen LogP) is 1.18. The molecule has 1 aromatic heterocycles. The number of hydrogen-bond acceptors (Lipinski definition) is 5.